The molecule has 4 aromatic rings. The molecule has 9 nitrogen and oxygen atoms in total. The molecule has 2 atom stereocenters. The van der Waals surface area contributed by atoms with E-state index in [1.54, 1.807) is 13.1 Å². The van der Waals surface area contributed by atoms with Crippen molar-refractivity contribution in [1.82, 2.24) is 29.7 Å². The fourth-order valence-electron chi connectivity index (χ4n) is 3.64. The second kappa shape index (κ2) is 8.52. The molecule has 0 bridgehead atoms. The van der Waals surface area contributed by atoms with Crippen LogP contribution in [-0.2, 0) is 4.74 Å². The summed E-state index contributed by atoms with van der Waals surface area (Å²) in [6.07, 6.45) is 7.96. The summed E-state index contributed by atoms with van der Waals surface area (Å²) in [5, 5.41) is 18.6. The van der Waals surface area contributed by atoms with Crippen LogP contribution in [0.3, 0.4) is 0 Å². The maximum atomic E-state index is 9.56. The quantitative estimate of drug-likeness (QED) is 0.328. The van der Waals surface area contributed by atoms with Gasteiger partial charge in [-0.25, -0.2) is 15.0 Å². The Morgan fingerprint density at radius 1 is 1.42 bits per heavy atom. The van der Waals surface area contributed by atoms with Crippen molar-refractivity contribution in [1.29, 1.82) is 0 Å². The summed E-state index contributed by atoms with van der Waals surface area (Å²) in [5.41, 5.74) is 4.26. The molecule has 10 heteroatoms. The largest absolute Gasteiger partial charge is 0.392 e. The molecule has 4 aromatic heterocycles. The van der Waals surface area contributed by atoms with Crippen LogP contribution < -0.4 is 5.32 Å². The number of halogens is 1. The average molecular weight is 531 g/mol. The number of anilines is 1. The molecule has 1 aliphatic rings. The van der Waals surface area contributed by atoms with Gasteiger partial charge in [-0.15, -0.1) is 0 Å². The number of H-pyrrole nitrogens is 1. The monoisotopic (exact) mass is 531 g/mol. The predicted octanol–water partition coefficient (Wildman–Crippen LogP) is 3.24. The number of aromatic amines is 1. The third-order valence-corrected chi connectivity index (χ3v) is 6.15. The summed E-state index contributed by atoms with van der Waals surface area (Å²) < 4.78 is 8.66. The van der Waals surface area contributed by atoms with E-state index in [4.69, 9.17) is 9.84 Å². The number of nitrogens with one attached hydrogen (secondary N) is 2. The topological polar surface area (TPSA) is 114 Å². The summed E-state index contributed by atoms with van der Waals surface area (Å²) in [6, 6.07) is 4.18. The molecule has 1 aliphatic heterocycles. The van der Waals surface area contributed by atoms with Crippen molar-refractivity contribution in [3.63, 3.8) is 0 Å². The smallest absolute Gasteiger partial charge is 0.223 e. The van der Waals surface area contributed by atoms with E-state index in [1.807, 2.05) is 29.3 Å². The van der Waals surface area contributed by atoms with Crippen LogP contribution in [0.15, 0.2) is 36.9 Å². The van der Waals surface area contributed by atoms with Gasteiger partial charge in [0.15, 0.2) is 0 Å². The Bertz CT molecular complexity index is 1210. The number of ether oxygens (including phenoxy) is 1. The van der Waals surface area contributed by atoms with E-state index in [9.17, 15) is 5.11 Å². The number of pyridine rings is 1. The summed E-state index contributed by atoms with van der Waals surface area (Å²) in [4.78, 5) is 16.7. The highest BCUT2D eigenvalue weighted by atomic mass is 127. The molecule has 160 valence electrons. The molecule has 1 saturated heterocycles. The van der Waals surface area contributed by atoms with Gasteiger partial charge in [0.05, 0.1) is 24.4 Å². The van der Waals surface area contributed by atoms with Crippen LogP contribution in [0, 0.1) is 3.57 Å². The van der Waals surface area contributed by atoms with E-state index < -0.39 is 6.10 Å². The molecular weight excluding hydrogens is 509 g/mol. The average Bonchev–Trinajstić information content (AvgIpc) is 3.52. The van der Waals surface area contributed by atoms with Crippen LogP contribution in [0.2, 0.25) is 0 Å². The minimum Gasteiger partial charge on any atom is -0.392 e. The highest BCUT2D eigenvalue weighted by molar-refractivity contribution is 14.1. The lowest BCUT2D eigenvalue weighted by Gasteiger charge is -2.08. The zero-order valence-electron chi connectivity index (χ0n) is 16.9. The van der Waals surface area contributed by atoms with Crippen molar-refractivity contribution < 1.29 is 9.84 Å². The van der Waals surface area contributed by atoms with Gasteiger partial charge >= 0.3 is 0 Å². The number of hydrogen-bond donors (Lipinski definition) is 3. The molecule has 0 saturated carbocycles. The van der Waals surface area contributed by atoms with Gasteiger partial charge in [-0.3, -0.25) is 4.68 Å². The molecule has 31 heavy (non-hydrogen) atoms. The predicted molar refractivity (Wildman–Crippen MR) is 126 cm³/mol. The molecule has 1 unspecified atom stereocenters. The summed E-state index contributed by atoms with van der Waals surface area (Å²) in [5.74, 6) is 0.468. The van der Waals surface area contributed by atoms with Crippen molar-refractivity contribution in [2.45, 2.75) is 25.5 Å². The van der Waals surface area contributed by atoms with Crippen molar-refractivity contribution in [2.75, 3.05) is 25.1 Å². The lowest BCUT2D eigenvalue weighted by molar-refractivity contribution is 0.184. The number of fused-ring (bicyclic) bond motifs is 1. The normalized spacial score (nSPS) is 17.3. The zero-order valence-corrected chi connectivity index (χ0v) is 19.1. The molecular formula is C21H22IN7O2. The Labute approximate surface area is 192 Å². The van der Waals surface area contributed by atoms with Gasteiger partial charge in [0.1, 0.15) is 11.3 Å². The molecule has 0 spiro atoms. The first-order valence-electron chi connectivity index (χ1n) is 10.1. The molecule has 3 N–H and O–H groups in total. The number of aliphatic hydroxyl groups excluding tert-OH is 1. The van der Waals surface area contributed by atoms with Crippen LogP contribution in [-0.4, -0.2) is 60.7 Å². The summed E-state index contributed by atoms with van der Waals surface area (Å²) in [6.45, 7) is 3.49. The number of hydrogen-bond acceptors (Lipinski definition) is 7. The Hall–Kier alpha value is -2.57. The summed E-state index contributed by atoms with van der Waals surface area (Å²) >= 11 is 2.30. The highest BCUT2D eigenvalue weighted by Crippen LogP contribution is 2.34. The van der Waals surface area contributed by atoms with E-state index in [-0.39, 0.29) is 6.04 Å². The van der Waals surface area contributed by atoms with Crippen molar-refractivity contribution in [3.05, 3.63) is 40.5 Å². The van der Waals surface area contributed by atoms with E-state index >= 15 is 0 Å². The maximum absolute atomic E-state index is 9.56. The Kier molecular flexibility index (Phi) is 5.59. The fraction of sp³-hybridized carbons (Fsp3) is 0.333. The van der Waals surface area contributed by atoms with Gasteiger partial charge in [0.2, 0.25) is 5.95 Å². The third-order valence-electron chi connectivity index (χ3n) is 5.25. The highest BCUT2D eigenvalue weighted by Gasteiger charge is 2.23. The van der Waals surface area contributed by atoms with Gasteiger partial charge in [-0.05, 0) is 48.1 Å². The van der Waals surface area contributed by atoms with Crippen LogP contribution in [0.1, 0.15) is 19.4 Å². The number of rotatable bonds is 6. The standard InChI is InChI=1S/C21H22IN7O2/c1-12(30)7-26-21-23-4-2-18(27-21)16-10-29(14-3-5-31-11-14)28-19(16)13-6-15-17(22)9-25-20(15)24-8-13/h2,4,6,8-10,12,14,30H,3,5,7,11H2,1H3,(H,24,25)(H,23,26,27)/t12-,14?/m0/s1. The van der Waals surface area contributed by atoms with Crippen molar-refractivity contribution in [2.24, 2.45) is 0 Å². The Morgan fingerprint density at radius 3 is 3.13 bits per heavy atom. The van der Waals surface area contributed by atoms with Crippen LogP contribution in [0.5, 0.6) is 0 Å². The van der Waals surface area contributed by atoms with E-state index in [2.05, 4.69) is 53.9 Å². The van der Waals surface area contributed by atoms with Crippen LogP contribution in [0.25, 0.3) is 33.5 Å². The minimum atomic E-state index is -0.491. The number of aliphatic hydroxyl groups is 1. The zero-order chi connectivity index (χ0) is 21.4. The van der Waals surface area contributed by atoms with Gasteiger partial charge in [0, 0.05) is 58.0 Å². The van der Waals surface area contributed by atoms with Gasteiger partial charge < -0.3 is 20.1 Å². The van der Waals surface area contributed by atoms with E-state index in [0.717, 1.165) is 50.1 Å². The van der Waals surface area contributed by atoms with Gasteiger partial charge in [-0.2, -0.15) is 5.10 Å². The fourth-order valence-corrected chi connectivity index (χ4v) is 4.21. The van der Waals surface area contributed by atoms with Crippen LogP contribution in [0.4, 0.5) is 5.95 Å². The molecule has 1 fully saturated rings. The van der Waals surface area contributed by atoms with E-state index in [0.29, 0.717) is 19.1 Å². The molecule has 0 amide bonds. The SMILES string of the molecule is C[C@H](O)CNc1nccc(-c2cn(C3CCOC3)nc2-c2cnc3[nH]cc(I)c3c2)n1. The minimum absolute atomic E-state index is 0.200. The Morgan fingerprint density at radius 2 is 2.32 bits per heavy atom. The second-order valence-electron chi connectivity index (χ2n) is 7.64. The molecule has 5 heterocycles. The second-order valence-corrected chi connectivity index (χ2v) is 8.80. The molecule has 0 radical (unpaired) electrons. The lowest BCUT2D eigenvalue weighted by atomic mass is 10.1. The first kappa shape index (κ1) is 20.3. The van der Waals surface area contributed by atoms with Gasteiger partial charge in [-0.1, -0.05) is 0 Å². The third kappa shape index (κ3) is 4.14. The number of aromatic nitrogens is 6. The van der Waals surface area contributed by atoms with Crippen molar-refractivity contribution >= 4 is 39.6 Å². The molecule has 0 aromatic carbocycles. The molecule has 0 aliphatic carbocycles. The first-order valence-corrected chi connectivity index (χ1v) is 11.2. The maximum Gasteiger partial charge on any atom is 0.223 e. The summed E-state index contributed by atoms with van der Waals surface area (Å²) in [7, 11) is 0. The number of nitrogens with zero attached hydrogens (tertiary/aromatic N) is 5. The molecule has 5 rings (SSSR count). The Balaban J connectivity index is 1.60. The van der Waals surface area contributed by atoms with Crippen molar-refractivity contribution in [3.8, 4) is 22.5 Å². The van der Waals surface area contributed by atoms with Crippen LogP contribution >= 0.6 is 22.6 Å². The first-order chi connectivity index (χ1) is 15.1. The van der Waals surface area contributed by atoms with Gasteiger partial charge in [0.25, 0.3) is 0 Å². The lowest BCUT2D eigenvalue weighted by Crippen LogP contribution is -2.16. The van der Waals surface area contributed by atoms with E-state index in [1.165, 1.54) is 0 Å².